The van der Waals surface area contributed by atoms with Crippen molar-refractivity contribution in [2.24, 2.45) is 0 Å². The van der Waals surface area contributed by atoms with E-state index >= 15 is 0 Å². The molecule has 4 nitrogen and oxygen atoms in total. The average molecular weight is 234 g/mol. The summed E-state index contributed by atoms with van der Waals surface area (Å²) in [6.07, 6.45) is 3.13. The number of carbonyl (C=O) groups excluding carboxylic acids is 1. The third-order valence-corrected chi connectivity index (χ3v) is 2.37. The molecule has 0 radical (unpaired) electrons. The molecule has 0 unspecified atom stereocenters. The van der Waals surface area contributed by atoms with Crippen molar-refractivity contribution in [3.63, 3.8) is 0 Å². The van der Waals surface area contributed by atoms with Crippen molar-refractivity contribution in [1.82, 2.24) is 9.78 Å². The first-order chi connectivity index (χ1) is 8.24. The molecule has 17 heavy (non-hydrogen) atoms. The van der Waals surface area contributed by atoms with Crippen LogP contribution in [-0.4, -0.2) is 22.9 Å². The monoisotopic (exact) mass is 234 g/mol. The van der Waals surface area contributed by atoms with Gasteiger partial charge in [0.1, 0.15) is 0 Å². The number of hydrogen-bond donors (Lipinski definition) is 0. The molecule has 0 bridgehead atoms. The Morgan fingerprint density at radius 1 is 1.47 bits per heavy atom. The second kappa shape index (κ2) is 4.78. The van der Waals surface area contributed by atoms with Crippen molar-refractivity contribution in [2.45, 2.75) is 6.80 Å². The van der Waals surface area contributed by atoms with E-state index in [0.717, 1.165) is 11.1 Å². The molecule has 0 saturated carbocycles. The minimum absolute atomic E-state index is 0.398. The highest BCUT2D eigenvalue weighted by Gasteiger charge is 2.07. The Hall–Kier alpha value is -2.17. The van der Waals surface area contributed by atoms with Gasteiger partial charge in [-0.1, -0.05) is 12.1 Å². The van der Waals surface area contributed by atoms with Gasteiger partial charge in [-0.3, -0.25) is 0 Å². The molecule has 0 N–H and O–H groups in total. The third kappa shape index (κ3) is 2.33. The first-order valence-electron chi connectivity index (χ1n) is 5.02. The molecule has 2 aromatic rings. The minimum atomic E-state index is -0.670. The maximum Gasteiger partial charge on any atom is 0.337 e. The van der Waals surface area contributed by atoms with Gasteiger partial charge in [-0.25, -0.2) is 13.9 Å². The van der Waals surface area contributed by atoms with Gasteiger partial charge in [-0.15, -0.1) is 0 Å². The molecule has 2 rings (SSSR count). The molecular formula is C12H11FN2O2. The summed E-state index contributed by atoms with van der Waals surface area (Å²) in [6, 6.07) is 6.92. The summed E-state index contributed by atoms with van der Waals surface area (Å²) in [5, 5.41) is 3.83. The van der Waals surface area contributed by atoms with Gasteiger partial charge in [0.25, 0.3) is 0 Å². The molecule has 0 aliphatic heterocycles. The molecule has 1 aromatic carbocycles. The van der Waals surface area contributed by atoms with Crippen LogP contribution in [0.15, 0.2) is 36.7 Å². The van der Waals surface area contributed by atoms with Gasteiger partial charge in [0, 0.05) is 11.8 Å². The summed E-state index contributed by atoms with van der Waals surface area (Å²) in [6.45, 7) is -0.670. The van der Waals surface area contributed by atoms with Crippen LogP contribution in [-0.2, 0) is 11.5 Å². The van der Waals surface area contributed by atoms with Crippen LogP contribution in [0.25, 0.3) is 11.1 Å². The predicted molar refractivity (Wildman–Crippen MR) is 60.1 cm³/mol. The second-order valence-corrected chi connectivity index (χ2v) is 3.46. The number of aromatic nitrogens is 2. The molecule has 1 aromatic heterocycles. The summed E-state index contributed by atoms with van der Waals surface area (Å²) in [7, 11) is 1.33. The Morgan fingerprint density at radius 3 is 2.94 bits per heavy atom. The predicted octanol–water partition coefficient (Wildman–Crippen LogP) is 2.26. The Balaban J connectivity index is 2.35. The number of hydrogen-bond acceptors (Lipinski definition) is 3. The van der Waals surface area contributed by atoms with Crippen LogP contribution in [0.2, 0.25) is 0 Å². The lowest BCUT2D eigenvalue weighted by Gasteiger charge is -2.01. The second-order valence-electron chi connectivity index (χ2n) is 3.46. The molecule has 0 amide bonds. The smallest absolute Gasteiger partial charge is 0.337 e. The van der Waals surface area contributed by atoms with Crippen LogP contribution < -0.4 is 0 Å². The Labute approximate surface area is 97.6 Å². The third-order valence-electron chi connectivity index (χ3n) is 2.37. The highest BCUT2D eigenvalue weighted by Crippen LogP contribution is 2.20. The first-order valence-corrected chi connectivity index (χ1v) is 5.02. The van der Waals surface area contributed by atoms with E-state index < -0.39 is 12.8 Å². The van der Waals surface area contributed by atoms with Crippen molar-refractivity contribution in [3.8, 4) is 11.1 Å². The standard InChI is InChI=1S/C12H11FN2O2/c1-17-12(16)10-4-2-3-9(5-10)11-6-14-15(7-11)8-13/h2-7H,8H2,1H3. The highest BCUT2D eigenvalue weighted by atomic mass is 19.1. The number of esters is 1. The maximum atomic E-state index is 12.3. The summed E-state index contributed by atoms with van der Waals surface area (Å²) < 4.78 is 18.2. The number of alkyl halides is 1. The zero-order valence-corrected chi connectivity index (χ0v) is 9.26. The molecule has 5 heteroatoms. The molecule has 88 valence electrons. The molecule has 0 atom stereocenters. The van der Waals surface area contributed by atoms with E-state index in [9.17, 15) is 9.18 Å². The number of carbonyl (C=O) groups is 1. The Kier molecular flexibility index (Phi) is 3.18. The van der Waals surface area contributed by atoms with Crippen molar-refractivity contribution in [1.29, 1.82) is 0 Å². The zero-order valence-electron chi connectivity index (χ0n) is 9.26. The van der Waals surface area contributed by atoms with E-state index in [1.165, 1.54) is 11.8 Å². The lowest BCUT2D eigenvalue weighted by atomic mass is 10.1. The quantitative estimate of drug-likeness (QED) is 0.765. The maximum absolute atomic E-state index is 12.3. The molecule has 0 saturated heterocycles. The normalized spacial score (nSPS) is 10.2. The Bertz CT molecular complexity index is 537. The summed E-state index contributed by atoms with van der Waals surface area (Å²) in [5.74, 6) is -0.398. The van der Waals surface area contributed by atoms with Gasteiger partial charge in [0.15, 0.2) is 6.80 Å². The number of methoxy groups -OCH3 is 1. The van der Waals surface area contributed by atoms with Crippen molar-refractivity contribution >= 4 is 5.97 Å². The molecule has 0 fully saturated rings. The van der Waals surface area contributed by atoms with Crippen LogP contribution in [0.3, 0.4) is 0 Å². The summed E-state index contributed by atoms with van der Waals surface area (Å²) in [4.78, 5) is 11.4. The lowest BCUT2D eigenvalue weighted by Crippen LogP contribution is -2.00. The lowest BCUT2D eigenvalue weighted by molar-refractivity contribution is 0.0601. The van der Waals surface area contributed by atoms with Gasteiger partial charge in [0.2, 0.25) is 0 Å². The largest absolute Gasteiger partial charge is 0.465 e. The van der Waals surface area contributed by atoms with Crippen molar-refractivity contribution in [2.75, 3.05) is 7.11 Å². The van der Waals surface area contributed by atoms with E-state index in [1.807, 2.05) is 6.07 Å². The van der Waals surface area contributed by atoms with Crippen LogP contribution in [0.1, 0.15) is 10.4 Å². The van der Waals surface area contributed by atoms with E-state index in [0.29, 0.717) is 5.56 Å². The molecule has 0 spiro atoms. The molecule has 1 heterocycles. The van der Waals surface area contributed by atoms with Crippen LogP contribution >= 0.6 is 0 Å². The van der Waals surface area contributed by atoms with E-state index in [4.69, 9.17) is 0 Å². The van der Waals surface area contributed by atoms with Gasteiger partial charge in [0.05, 0.1) is 18.9 Å². The number of halogens is 1. The van der Waals surface area contributed by atoms with Crippen molar-refractivity contribution in [3.05, 3.63) is 42.2 Å². The highest BCUT2D eigenvalue weighted by molar-refractivity contribution is 5.90. The van der Waals surface area contributed by atoms with Crippen LogP contribution in [0.5, 0.6) is 0 Å². The number of nitrogens with zero attached hydrogens (tertiary/aromatic N) is 2. The number of benzene rings is 1. The molecular weight excluding hydrogens is 223 g/mol. The van der Waals surface area contributed by atoms with Crippen LogP contribution in [0.4, 0.5) is 4.39 Å². The van der Waals surface area contributed by atoms with Crippen LogP contribution in [0, 0.1) is 0 Å². The fraction of sp³-hybridized carbons (Fsp3) is 0.167. The van der Waals surface area contributed by atoms with Gasteiger partial charge < -0.3 is 4.74 Å². The molecule has 0 aliphatic carbocycles. The zero-order chi connectivity index (χ0) is 12.3. The average Bonchev–Trinajstić information content (AvgIpc) is 2.86. The fourth-order valence-electron chi connectivity index (χ4n) is 1.52. The topological polar surface area (TPSA) is 44.1 Å². The minimum Gasteiger partial charge on any atom is -0.465 e. The number of ether oxygens (including phenoxy) is 1. The number of rotatable bonds is 3. The Morgan fingerprint density at radius 2 is 2.29 bits per heavy atom. The van der Waals surface area contributed by atoms with Gasteiger partial charge in [-0.05, 0) is 17.7 Å². The van der Waals surface area contributed by atoms with Gasteiger partial charge in [-0.2, -0.15) is 5.10 Å². The summed E-state index contributed by atoms with van der Waals surface area (Å²) >= 11 is 0. The van der Waals surface area contributed by atoms with E-state index in [-0.39, 0.29) is 0 Å². The SMILES string of the molecule is COC(=O)c1cccc(-c2cnn(CF)c2)c1. The fourth-order valence-corrected chi connectivity index (χ4v) is 1.52. The molecule has 0 aliphatic rings. The summed E-state index contributed by atoms with van der Waals surface area (Å²) in [5.41, 5.74) is 2.01. The van der Waals surface area contributed by atoms with E-state index in [2.05, 4.69) is 9.84 Å². The first kappa shape index (κ1) is 11.3. The van der Waals surface area contributed by atoms with Crippen molar-refractivity contribution < 1.29 is 13.9 Å². The van der Waals surface area contributed by atoms with Gasteiger partial charge >= 0.3 is 5.97 Å². The van der Waals surface area contributed by atoms with E-state index in [1.54, 1.807) is 30.6 Å².